The third kappa shape index (κ3) is 3.71. The molecule has 1 aromatic rings. The fourth-order valence-electron chi connectivity index (χ4n) is 1.69. The molecule has 0 radical (unpaired) electrons. The highest BCUT2D eigenvalue weighted by Gasteiger charge is 2.12. The molecular formula is C14H16O3. The highest BCUT2D eigenvalue weighted by atomic mass is 16.7. The van der Waals surface area contributed by atoms with Crippen LogP contribution < -0.4 is 0 Å². The number of allylic oxidation sites excluding steroid dienone is 1. The van der Waals surface area contributed by atoms with Crippen molar-refractivity contribution in [2.45, 2.75) is 25.6 Å². The first-order chi connectivity index (χ1) is 8.36. The monoisotopic (exact) mass is 232 g/mol. The van der Waals surface area contributed by atoms with Gasteiger partial charge in [0.2, 0.25) is 0 Å². The second-order valence-electron chi connectivity index (χ2n) is 3.92. The van der Waals surface area contributed by atoms with Crippen LogP contribution in [0.25, 0.3) is 0 Å². The van der Waals surface area contributed by atoms with Crippen LogP contribution in [-0.2, 0) is 9.47 Å². The van der Waals surface area contributed by atoms with Crippen LogP contribution in [0.5, 0.6) is 0 Å². The molecule has 0 saturated carbocycles. The van der Waals surface area contributed by atoms with E-state index in [2.05, 4.69) is 0 Å². The number of ether oxygens (including phenoxy) is 2. The Bertz CT molecular complexity index is 384. The Labute approximate surface area is 101 Å². The molecule has 1 heterocycles. The molecule has 1 unspecified atom stereocenters. The first kappa shape index (κ1) is 11.9. The molecule has 3 nitrogen and oxygen atoms in total. The van der Waals surface area contributed by atoms with Gasteiger partial charge in [-0.2, -0.15) is 0 Å². The Morgan fingerprint density at radius 1 is 1.35 bits per heavy atom. The Balaban J connectivity index is 1.72. The number of hydrogen-bond donors (Lipinski definition) is 0. The summed E-state index contributed by atoms with van der Waals surface area (Å²) in [7, 11) is 0. The van der Waals surface area contributed by atoms with Gasteiger partial charge in [0.05, 0.1) is 12.9 Å². The molecule has 0 saturated heterocycles. The smallest absolute Gasteiger partial charge is 0.199 e. The molecule has 0 bridgehead atoms. The molecule has 2 rings (SSSR count). The lowest BCUT2D eigenvalue weighted by molar-refractivity contribution is -0.113. The lowest BCUT2D eigenvalue weighted by Crippen LogP contribution is -2.18. The minimum absolute atomic E-state index is 0.108. The zero-order valence-corrected chi connectivity index (χ0v) is 9.67. The van der Waals surface area contributed by atoms with Gasteiger partial charge in [0.15, 0.2) is 12.1 Å². The normalized spacial score (nSPS) is 18.7. The van der Waals surface area contributed by atoms with Crippen molar-refractivity contribution in [3.05, 3.63) is 48.2 Å². The zero-order valence-electron chi connectivity index (χ0n) is 9.67. The van der Waals surface area contributed by atoms with Crippen LogP contribution in [0.3, 0.4) is 0 Å². The molecule has 0 aromatic heterocycles. The van der Waals surface area contributed by atoms with Crippen molar-refractivity contribution in [1.82, 2.24) is 0 Å². The van der Waals surface area contributed by atoms with Crippen molar-refractivity contribution in [2.75, 3.05) is 6.61 Å². The van der Waals surface area contributed by atoms with E-state index in [4.69, 9.17) is 9.47 Å². The van der Waals surface area contributed by atoms with Gasteiger partial charge in [-0.1, -0.05) is 30.3 Å². The topological polar surface area (TPSA) is 35.5 Å². The van der Waals surface area contributed by atoms with Gasteiger partial charge in [-0.3, -0.25) is 4.79 Å². The van der Waals surface area contributed by atoms with Crippen LogP contribution in [0.2, 0.25) is 0 Å². The molecule has 90 valence electrons. The molecule has 0 fully saturated rings. The molecule has 1 aromatic carbocycles. The van der Waals surface area contributed by atoms with Crippen LogP contribution in [-0.4, -0.2) is 18.7 Å². The maximum absolute atomic E-state index is 11.8. The summed E-state index contributed by atoms with van der Waals surface area (Å²) in [5, 5.41) is 0. The summed E-state index contributed by atoms with van der Waals surface area (Å²) in [4.78, 5) is 11.8. The summed E-state index contributed by atoms with van der Waals surface area (Å²) < 4.78 is 10.7. The molecule has 0 spiro atoms. The fraction of sp³-hybridized carbons (Fsp3) is 0.357. The Morgan fingerprint density at radius 3 is 2.88 bits per heavy atom. The van der Waals surface area contributed by atoms with Crippen molar-refractivity contribution in [2.24, 2.45) is 0 Å². The SMILES string of the molecule is O=C(CCOC1CCC=CO1)c1ccccc1. The van der Waals surface area contributed by atoms with E-state index in [0.29, 0.717) is 13.0 Å². The van der Waals surface area contributed by atoms with Crippen LogP contribution in [0.1, 0.15) is 29.6 Å². The summed E-state index contributed by atoms with van der Waals surface area (Å²) in [6, 6.07) is 9.27. The van der Waals surface area contributed by atoms with E-state index in [1.165, 1.54) is 0 Å². The Kier molecular flexibility index (Phi) is 4.33. The molecular weight excluding hydrogens is 216 g/mol. The summed E-state index contributed by atoms with van der Waals surface area (Å²) in [5.41, 5.74) is 0.737. The molecule has 1 aliphatic rings. The Morgan fingerprint density at radius 2 is 2.18 bits per heavy atom. The second kappa shape index (κ2) is 6.21. The first-order valence-corrected chi connectivity index (χ1v) is 5.86. The fourth-order valence-corrected chi connectivity index (χ4v) is 1.69. The van der Waals surface area contributed by atoms with Gasteiger partial charge in [0.25, 0.3) is 0 Å². The van der Waals surface area contributed by atoms with Gasteiger partial charge in [0, 0.05) is 18.4 Å². The number of benzene rings is 1. The van der Waals surface area contributed by atoms with E-state index < -0.39 is 0 Å². The van der Waals surface area contributed by atoms with E-state index in [0.717, 1.165) is 18.4 Å². The molecule has 0 amide bonds. The Hall–Kier alpha value is -1.61. The van der Waals surface area contributed by atoms with Crippen LogP contribution in [0.4, 0.5) is 0 Å². The summed E-state index contributed by atoms with van der Waals surface area (Å²) in [6.07, 6.45) is 5.66. The van der Waals surface area contributed by atoms with Crippen molar-refractivity contribution in [3.63, 3.8) is 0 Å². The highest BCUT2D eigenvalue weighted by Crippen LogP contribution is 2.12. The van der Waals surface area contributed by atoms with E-state index >= 15 is 0 Å². The van der Waals surface area contributed by atoms with Crippen molar-refractivity contribution < 1.29 is 14.3 Å². The maximum Gasteiger partial charge on any atom is 0.199 e. The van der Waals surface area contributed by atoms with Gasteiger partial charge in [-0.05, 0) is 12.5 Å². The van der Waals surface area contributed by atoms with E-state index in [1.54, 1.807) is 6.26 Å². The lowest BCUT2D eigenvalue weighted by Gasteiger charge is -2.19. The van der Waals surface area contributed by atoms with Crippen molar-refractivity contribution in [1.29, 1.82) is 0 Å². The average Bonchev–Trinajstić information content (AvgIpc) is 2.41. The number of Topliss-reactive ketones (excluding diaryl/α,β-unsaturated/α-hetero) is 1. The van der Waals surface area contributed by atoms with Gasteiger partial charge >= 0.3 is 0 Å². The van der Waals surface area contributed by atoms with E-state index in [9.17, 15) is 4.79 Å². The summed E-state index contributed by atoms with van der Waals surface area (Å²) >= 11 is 0. The minimum Gasteiger partial charge on any atom is -0.473 e. The maximum atomic E-state index is 11.8. The average molecular weight is 232 g/mol. The number of carbonyl (C=O) groups is 1. The van der Waals surface area contributed by atoms with Crippen molar-refractivity contribution in [3.8, 4) is 0 Å². The number of rotatable bonds is 5. The third-order valence-electron chi connectivity index (χ3n) is 2.62. The van der Waals surface area contributed by atoms with Gasteiger partial charge in [0.1, 0.15) is 0 Å². The van der Waals surface area contributed by atoms with Crippen molar-refractivity contribution >= 4 is 5.78 Å². The standard InChI is InChI=1S/C14H16O3/c15-13(12-6-2-1-3-7-12)9-11-17-14-8-4-5-10-16-14/h1-3,5-7,10,14H,4,8-9,11H2. The predicted molar refractivity (Wildman–Crippen MR) is 64.6 cm³/mol. The van der Waals surface area contributed by atoms with Crippen LogP contribution in [0.15, 0.2) is 42.7 Å². The lowest BCUT2D eigenvalue weighted by atomic mass is 10.1. The van der Waals surface area contributed by atoms with E-state index in [-0.39, 0.29) is 12.1 Å². The quantitative estimate of drug-likeness (QED) is 0.732. The van der Waals surface area contributed by atoms with Crippen LogP contribution >= 0.6 is 0 Å². The van der Waals surface area contributed by atoms with Gasteiger partial charge in [-0.15, -0.1) is 0 Å². The van der Waals surface area contributed by atoms with Crippen LogP contribution in [0, 0.1) is 0 Å². The summed E-state index contributed by atoms with van der Waals surface area (Å²) in [5.74, 6) is 0.108. The molecule has 0 aliphatic carbocycles. The molecule has 3 heteroatoms. The number of ketones is 1. The zero-order chi connectivity index (χ0) is 11.9. The van der Waals surface area contributed by atoms with E-state index in [1.807, 2.05) is 36.4 Å². The van der Waals surface area contributed by atoms with Gasteiger partial charge < -0.3 is 9.47 Å². The molecule has 0 N–H and O–H groups in total. The first-order valence-electron chi connectivity index (χ1n) is 5.86. The summed E-state index contributed by atoms with van der Waals surface area (Å²) in [6.45, 7) is 0.409. The second-order valence-corrected chi connectivity index (χ2v) is 3.92. The molecule has 1 atom stereocenters. The largest absolute Gasteiger partial charge is 0.473 e. The number of carbonyl (C=O) groups excluding carboxylic acids is 1. The molecule has 1 aliphatic heterocycles. The van der Waals surface area contributed by atoms with Gasteiger partial charge in [-0.25, -0.2) is 0 Å². The third-order valence-corrected chi connectivity index (χ3v) is 2.62. The number of hydrogen-bond acceptors (Lipinski definition) is 3. The highest BCUT2D eigenvalue weighted by molar-refractivity contribution is 5.96. The predicted octanol–water partition coefficient (Wildman–Crippen LogP) is 2.93. The molecule has 17 heavy (non-hydrogen) atoms. The minimum atomic E-state index is -0.191.